The molecule has 0 spiro atoms. The highest BCUT2D eigenvalue weighted by atomic mass is 16.7. The van der Waals surface area contributed by atoms with Gasteiger partial charge in [-0.05, 0) is 36.0 Å². The van der Waals surface area contributed by atoms with E-state index in [0.717, 1.165) is 24.3 Å². The minimum absolute atomic E-state index is 0.143. The molecule has 0 bridgehead atoms. The molecule has 0 saturated heterocycles. The molecule has 1 aromatic rings. The minimum Gasteiger partial charge on any atom is -0.454 e. The molecule has 3 nitrogen and oxygen atoms in total. The van der Waals surface area contributed by atoms with Gasteiger partial charge in [-0.2, -0.15) is 0 Å². The number of fused-ring (bicyclic) bond motifs is 1. The summed E-state index contributed by atoms with van der Waals surface area (Å²) in [6.45, 7) is 5.64. The van der Waals surface area contributed by atoms with Gasteiger partial charge >= 0.3 is 0 Å². The lowest BCUT2D eigenvalue weighted by molar-refractivity contribution is 0.0632. The van der Waals surface area contributed by atoms with Crippen molar-refractivity contribution in [3.8, 4) is 11.5 Å². The average Bonchev–Trinajstić information content (AvgIpc) is 2.71. The monoisotopic (exact) mass is 233 g/mol. The highest BCUT2D eigenvalue weighted by molar-refractivity contribution is 5.47. The minimum atomic E-state index is 0.143. The predicted molar refractivity (Wildman–Crippen MR) is 66.3 cm³/mol. The van der Waals surface area contributed by atoms with Gasteiger partial charge < -0.3 is 15.2 Å². The first-order valence-electron chi connectivity index (χ1n) is 6.15. The summed E-state index contributed by atoms with van der Waals surface area (Å²) in [5, 5.41) is 0. The molecule has 17 heavy (non-hydrogen) atoms. The molecule has 2 aliphatic rings. The predicted octanol–water partition coefficient (Wildman–Crippen LogP) is 2.43. The molecule has 2 N–H and O–H groups in total. The van der Waals surface area contributed by atoms with Crippen molar-refractivity contribution in [1.82, 2.24) is 0 Å². The van der Waals surface area contributed by atoms with E-state index in [1.807, 2.05) is 6.07 Å². The van der Waals surface area contributed by atoms with Gasteiger partial charge in [0.1, 0.15) is 0 Å². The number of hydrogen-bond donors (Lipinski definition) is 1. The summed E-state index contributed by atoms with van der Waals surface area (Å²) in [5.41, 5.74) is 7.85. The van der Waals surface area contributed by atoms with Crippen LogP contribution in [0.2, 0.25) is 0 Å². The summed E-state index contributed by atoms with van der Waals surface area (Å²) in [4.78, 5) is 0. The van der Waals surface area contributed by atoms with Crippen LogP contribution in [-0.4, -0.2) is 13.3 Å². The average molecular weight is 233 g/mol. The first-order chi connectivity index (χ1) is 8.05. The fourth-order valence-corrected chi connectivity index (χ4v) is 3.47. The maximum Gasteiger partial charge on any atom is 0.231 e. The fourth-order valence-electron chi connectivity index (χ4n) is 3.47. The molecule has 0 amide bonds. The standard InChI is InChI=1S/C14H19NO2/c1-13(2)6-14(7-13,8-15)10-3-4-11-12(5-10)17-9-16-11/h3-5H,6-9,15H2,1-2H3. The first-order valence-corrected chi connectivity index (χ1v) is 6.15. The Morgan fingerprint density at radius 1 is 1.18 bits per heavy atom. The topological polar surface area (TPSA) is 44.5 Å². The third kappa shape index (κ3) is 1.61. The van der Waals surface area contributed by atoms with Gasteiger partial charge in [-0.1, -0.05) is 19.9 Å². The van der Waals surface area contributed by atoms with Crippen molar-refractivity contribution in [3.63, 3.8) is 0 Å². The Balaban J connectivity index is 1.93. The highest BCUT2D eigenvalue weighted by Crippen LogP contribution is 2.55. The van der Waals surface area contributed by atoms with Gasteiger partial charge in [0.05, 0.1) is 0 Å². The van der Waals surface area contributed by atoms with E-state index >= 15 is 0 Å². The Morgan fingerprint density at radius 2 is 1.88 bits per heavy atom. The maximum absolute atomic E-state index is 6.00. The van der Waals surface area contributed by atoms with E-state index in [0.29, 0.717) is 18.8 Å². The molecule has 3 rings (SSSR count). The van der Waals surface area contributed by atoms with Gasteiger partial charge in [0.25, 0.3) is 0 Å². The van der Waals surface area contributed by atoms with Crippen LogP contribution in [0, 0.1) is 5.41 Å². The Hall–Kier alpha value is -1.22. The van der Waals surface area contributed by atoms with Gasteiger partial charge in [-0.3, -0.25) is 0 Å². The normalized spacial score (nSPS) is 23.2. The van der Waals surface area contributed by atoms with Gasteiger partial charge in [0.2, 0.25) is 6.79 Å². The summed E-state index contributed by atoms with van der Waals surface area (Å²) in [5.74, 6) is 1.71. The second-order valence-electron chi connectivity index (χ2n) is 6.07. The molecule has 0 aromatic heterocycles. The summed E-state index contributed by atoms with van der Waals surface area (Å²) in [6, 6.07) is 6.24. The Bertz CT molecular complexity index is 446. The molecular weight excluding hydrogens is 214 g/mol. The van der Waals surface area contributed by atoms with Crippen LogP contribution in [0.15, 0.2) is 18.2 Å². The molecular formula is C14H19NO2. The van der Waals surface area contributed by atoms with Crippen LogP contribution in [0.5, 0.6) is 11.5 Å². The maximum atomic E-state index is 6.00. The van der Waals surface area contributed by atoms with Gasteiger partial charge in [0.15, 0.2) is 11.5 Å². The van der Waals surface area contributed by atoms with Crippen LogP contribution in [0.4, 0.5) is 0 Å². The molecule has 1 aliphatic heterocycles. The zero-order chi connectivity index (χ0) is 12.1. The van der Waals surface area contributed by atoms with Crippen LogP contribution in [-0.2, 0) is 5.41 Å². The lowest BCUT2D eigenvalue weighted by atomic mass is 9.52. The molecule has 1 saturated carbocycles. The third-order valence-electron chi connectivity index (χ3n) is 4.01. The molecule has 1 fully saturated rings. The molecule has 3 heteroatoms. The summed E-state index contributed by atoms with van der Waals surface area (Å²) in [6.07, 6.45) is 2.30. The molecule has 1 aromatic carbocycles. The Morgan fingerprint density at radius 3 is 2.53 bits per heavy atom. The van der Waals surface area contributed by atoms with Crippen molar-refractivity contribution in [1.29, 1.82) is 0 Å². The number of benzene rings is 1. The number of ether oxygens (including phenoxy) is 2. The van der Waals surface area contributed by atoms with Crippen LogP contribution in [0.25, 0.3) is 0 Å². The van der Waals surface area contributed by atoms with Crippen molar-refractivity contribution in [2.45, 2.75) is 32.1 Å². The quantitative estimate of drug-likeness (QED) is 0.853. The third-order valence-corrected chi connectivity index (χ3v) is 4.01. The van der Waals surface area contributed by atoms with Crippen molar-refractivity contribution in [2.24, 2.45) is 11.1 Å². The zero-order valence-corrected chi connectivity index (χ0v) is 10.5. The molecule has 92 valence electrons. The lowest BCUT2D eigenvalue weighted by Crippen LogP contribution is -2.51. The molecule has 0 radical (unpaired) electrons. The molecule has 0 unspecified atom stereocenters. The van der Waals surface area contributed by atoms with E-state index in [4.69, 9.17) is 15.2 Å². The zero-order valence-electron chi connectivity index (χ0n) is 10.5. The summed E-state index contributed by atoms with van der Waals surface area (Å²) in [7, 11) is 0. The highest BCUT2D eigenvalue weighted by Gasteiger charge is 2.49. The van der Waals surface area contributed by atoms with Crippen molar-refractivity contribution < 1.29 is 9.47 Å². The first kappa shape index (κ1) is 10.9. The SMILES string of the molecule is CC1(C)CC(CN)(c2ccc3c(c2)OCO3)C1. The van der Waals surface area contributed by atoms with Crippen LogP contribution >= 0.6 is 0 Å². The van der Waals surface area contributed by atoms with E-state index < -0.39 is 0 Å². The summed E-state index contributed by atoms with van der Waals surface area (Å²) < 4.78 is 10.8. The van der Waals surface area contributed by atoms with Crippen molar-refractivity contribution >= 4 is 0 Å². The van der Waals surface area contributed by atoms with E-state index in [-0.39, 0.29) is 5.41 Å². The van der Waals surface area contributed by atoms with Crippen molar-refractivity contribution in [2.75, 3.05) is 13.3 Å². The second-order valence-corrected chi connectivity index (χ2v) is 6.07. The number of hydrogen-bond acceptors (Lipinski definition) is 3. The number of nitrogens with two attached hydrogens (primary N) is 1. The molecule has 1 heterocycles. The van der Waals surface area contributed by atoms with Crippen LogP contribution < -0.4 is 15.2 Å². The largest absolute Gasteiger partial charge is 0.454 e. The fraction of sp³-hybridized carbons (Fsp3) is 0.571. The van der Waals surface area contributed by atoms with Gasteiger partial charge in [-0.25, -0.2) is 0 Å². The second kappa shape index (κ2) is 3.39. The number of rotatable bonds is 2. The van der Waals surface area contributed by atoms with E-state index in [9.17, 15) is 0 Å². The summed E-state index contributed by atoms with van der Waals surface area (Å²) >= 11 is 0. The van der Waals surface area contributed by atoms with Gasteiger partial charge in [0, 0.05) is 12.0 Å². The van der Waals surface area contributed by atoms with Crippen LogP contribution in [0.3, 0.4) is 0 Å². The molecule has 1 aliphatic carbocycles. The Labute approximate surface area is 102 Å². The Kier molecular flexibility index (Phi) is 2.17. The van der Waals surface area contributed by atoms with Crippen molar-refractivity contribution in [3.05, 3.63) is 23.8 Å². The van der Waals surface area contributed by atoms with Gasteiger partial charge in [-0.15, -0.1) is 0 Å². The lowest BCUT2D eigenvalue weighted by Gasteiger charge is -2.53. The van der Waals surface area contributed by atoms with Crippen LogP contribution in [0.1, 0.15) is 32.3 Å². The van der Waals surface area contributed by atoms with E-state index in [2.05, 4.69) is 26.0 Å². The van der Waals surface area contributed by atoms with E-state index in [1.54, 1.807) is 0 Å². The smallest absolute Gasteiger partial charge is 0.231 e. The van der Waals surface area contributed by atoms with E-state index in [1.165, 1.54) is 5.56 Å². The molecule has 0 atom stereocenters.